The van der Waals surface area contributed by atoms with E-state index in [1.165, 1.54) is 0 Å². The molecule has 0 spiro atoms. The van der Waals surface area contributed by atoms with Gasteiger partial charge >= 0.3 is 0 Å². The number of nitrogens with zero attached hydrogens (tertiary/aromatic N) is 4. The topological polar surface area (TPSA) is 72.3 Å². The number of nitrogens with one attached hydrogen (secondary N) is 1. The Hall–Kier alpha value is -3.07. The van der Waals surface area contributed by atoms with E-state index in [1.54, 1.807) is 23.0 Å². The van der Waals surface area contributed by atoms with Crippen molar-refractivity contribution in [2.24, 2.45) is 5.92 Å². The Kier molecular flexibility index (Phi) is 5.67. The van der Waals surface area contributed by atoms with Gasteiger partial charge in [-0.3, -0.25) is 9.48 Å². The lowest BCUT2D eigenvalue weighted by molar-refractivity contribution is 0.0988. The summed E-state index contributed by atoms with van der Waals surface area (Å²) in [5.74, 6) is 0.981. The Balaban J connectivity index is 1.29. The number of anilines is 2. The lowest BCUT2D eigenvalue weighted by Crippen LogP contribution is -2.37. The zero-order chi connectivity index (χ0) is 24.1. The summed E-state index contributed by atoms with van der Waals surface area (Å²) in [5, 5.41) is 7.70. The van der Waals surface area contributed by atoms with Crippen molar-refractivity contribution in [1.82, 2.24) is 14.8 Å². The summed E-state index contributed by atoms with van der Waals surface area (Å²) in [7, 11) is 0. The first-order chi connectivity index (χ1) is 17.0. The average Bonchev–Trinajstić information content (AvgIpc) is 3.60. The molecule has 7 nitrogen and oxygen atoms in total. The van der Waals surface area contributed by atoms with Gasteiger partial charge in [-0.05, 0) is 56.2 Å². The number of hydrogen-bond donors (Lipinski definition) is 1. The Morgan fingerprint density at radius 3 is 2.69 bits per heavy atom. The molecule has 0 radical (unpaired) electrons. The minimum absolute atomic E-state index is 0.0609. The normalized spacial score (nSPS) is 26.1. The quantitative estimate of drug-likeness (QED) is 0.532. The molecule has 2 bridgehead atoms. The number of ether oxygens (including phenoxy) is 1. The van der Waals surface area contributed by atoms with Gasteiger partial charge in [0.05, 0.1) is 41.6 Å². The number of carbonyl (C=O) groups excluding carboxylic acids is 1. The molecular formula is C26H29F2N5O2. The number of amides is 1. The van der Waals surface area contributed by atoms with Crippen LogP contribution in [-0.4, -0.2) is 46.0 Å². The molecule has 3 fully saturated rings. The van der Waals surface area contributed by atoms with E-state index in [1.807, 2.05) is 18.2 Å². The minimum Gasteiger partial charge on any atom is -0.374 e. The Bertz CT molecular complexity index is 1250. The van der Waals surface area contributed by atoms with Crippen LogP contribution in [0.25, 0.3) is 10.9 Å². The maximum atomic E-state index is 13.8. The van der Waals surface area contributed by atoms with Crippen LogP contribution >= 0.6 is 0 Å². The fourth-order valence-electron chi connectivity index (χ4n) is 5.71. The van der Waals surface area contributed by atoms with Crippen LogP contribution in [0.4, 0.5) is 20.3 Å². The molecule has 2 aliphatic heterocycles. The summed E-state index contributed by atoms with van der Waals surface area (Å²) in [4.78, 5) is 20.4. The number of fused-ring (bicyclic) bond motifs is 3. The molecule has 1 aromatic carbocycles. The predicted octanol–water partition coefficient (Wildman–Crippen LogP) is 5.35. The fraction of sp³-hybridized carbons (Fsp3) is 0.500. The van der Waals surface area contributed by atoms with Crippen LogP contribution in [0.15, 0.2) is 36.5 Å². The first-order valence-electron chi connectivity index (χ1n) is 12.4. The third kappa shape index (κ3) is 4.16. The molecule has 1 N–H and O–H groups in total. The molecule has 2 saturated heterocycles. The van der Waals surface area contributed by atoms with Gasteiger partial charge in [-0.15, -0.1) is 0 Å². The van der Waals surface area contributed by atoms with Gasteiger partial charge in [0.1, 0.15) is 5.82 Å². The number of hydrogen-bond acceptors (Lipinski definition) is 5. The van der Waals surface area contributed by atoms with Crippen molar-refractivity contribution in [3.05, 3.63) is 47.8 Å². The molecule has 3 aliphatic rings. The second-order valence-electron chi connectivity index (χ2n) is 10.1. The number of carbonyl (C=O) groups is 1. The molecule has 1 saturated carbocycles. The molecule has 2 aromatic heterocycles. The van der Waals surface area contributed by atoms with Crippen LogP contribution < -0.4 is 10.2 Å². The number of halogens is 2. The monoisotopic (exact) mass is 481 g/mol. The molecule has 4 heterocycles. The van der Waals surface area contributed by atoms with E-state index in [9.17, 15) is 13.6 Å². The fourth-order valence-corrected chi connectivity index (χ4v) is 5.71. The average molecular weight is 482 g/mol. The van der Waals surface area contributed by atoms with Gasteiger partial charge in [0.15, 0.2) is 5.69 Å². The summed E-state index contributed by atoms with van der Waals surface area (Å²) in [6, 6.07) is 9.66. The van der Waals surface area contributed by atoms with E-state index in [0.717, 1.165) is 49.9 Å². The van der Waals surface area contributed by atoms with Gasteiger partial charge in [0.25, 0.3) is 12.3 Å². The first-order valence-corrected chi connectivity index (χ1v) is 12.4. The third-order valence-corrected chi connectivity index (χ3v) is 7.72. The molecule has 35 heavy (non-hydrogen) atoms. The molecule has 1 aliphatic carbocycles. The van der Waals surface area contributed by atoms with Crippen molar-refractivity contribution in [3.63, 3.8) is 0 Å². The molecule has 184 valence electrons. The predicted molar refractivity (Wildman–Crippen MR) is 129 cm³/mol. The second kappa shape index (κ2) is 8.86. The zero-order valence-corrected chi connectivity index (χ0v) is 19.7. The highest BCUT2D eigenvalue weighted by Crippen LogP contribution is 2.35. The largest absolute Gasteiger partial charge is 0.374 e. The summed E-state index contributed by atoms with van der Waals surface area (Å²) < 4.78 is 35.0. The maximum absolute atomic E-state index is 13.8. The van der Waals surface area contributed by atoms with Crippen molar-refractivity contribution in [2.75, 3.05) is 23.4 Å². The van der Waals surface area contributed by atoms with E-state index in [-0.39, 0.29) is 23.5 Å². The van der Waals surface area contributed by atoms with Crippen LogP contribution in [0.2, 0.25) is 0 Å². The van der Waals surface area contributed by atoms with Gasteiger partial charge < -0.3 is 15.0 Å². The number of rotatable bonds is 5. The van der Waals surface area contributed by atoms with Crippen molar-refractivity contribution in [1.29, 1.82) is 0 Å². The third-order valence-electron chi connectivity index (χ3n) is 7.72. The first kappa shape index (κ1) is 22.4. The van der Waals surface area contributed by atoms with E-state index in [4.69, 9.17) is 9.72 Å². The highest BCUT2D eigenvalue weighted by molar-refractivity contribution is 6.12. The number of alkyl halides is 2. The van der Waals surface area contributed by atoms with E-state index < -0.39 is 12.3 Å². The van der Waals surface area contributed by atoms with Crippen LogP contribution in [0.1, 0.15) is 67.5 Å². The summed E-state index contributed by atoms with van der Waals surface area (Å²) >= 11 is 0. The van der Waals surface area contributed by atoms with Gasteiger partial charge in [0, 0.05) is 18.1 Å². The second-order valence-corrected chi connectivity index (χ2v) is 10.1. The molecule has 9 heteroatoms. The van der Waals surface area contributed by atoms with Gasteiger partial charge in [-0.2, -0.15) is 5.10 Å². The van der Waals surface area contributed by atoms with Crippen LogP contribution in [0, 0.1) is 5.92 Å². The summed E-state index contributed by atoms with van der Waals surface area (Å²) in [5.41, 5.74) is 0.576. The summed E-state index contributed by atoms with van der Waals surface area (Å²) in [6.07, 6.45) is 3.89. The number of pyridine rings is 1. The van der Waals surface area contributed by atoms with Crippen LogP contribution in [-0.2, 0) is 4.74 Å². The van der Waals surface area contributed by atoms with Gasteiger partial charge in [-0.1, -0.05) is 19.1 Å². The number of morpholine rings is 1. The van der Waals surface area contributed by atoms with Crippen LogP contribution in [0.3, 0.4) is 0 Å². The molecule has 6 rings (SSSR count). The lowest BCUT2D eigenvalue weighted by Gasteiger charge is -2.28. The van der Waals surface area contributed by atoms with E-state index >= 15 is 0 Å². The molecule has 3 aromatic rings. The highest BCUT2D eigenvalue weighted by Gasteiger charge is 2.39. The lowest BCUT2D eigenvalue weighted by atomic mass is 9.87. The van der Waals surface area contributed by atoms with E-state index in [2.05, 4.69) is 22.2 Å². The maximum Gasteiger partial charge on any atom is 0.284 e. The number of aromatic nitrogens is 3. The van der Waals surface area contributed by atoms with Crippen LogP contribution in [0.5, 0.6) is 0 Å². The molecule has 1 amide bonds. The molecule has 2 atom stereocenters. The van der Waals surface area contributed by atoms with Crippen molar-refractivity contribution >= 4 is 28.3 Å². The standard InChI is InChI=1S/C26H29F2N5O2/c1-15-5-8-17(9-6-15)33-13-21(24(31-33)25(27)28)29-26(34)20-4-2-3-16-7-10-22(30-23(16)20)32-12-19-11-18(32)14-35-19/h2-4,7,10,13,15,17-19,25H,5-6,8-9,11-12,14H2,1H3,(H,29,34)/t15?,17?,18-,19-/m1/s1. The highest BCUT2D eigenvalue weighted by atomic mass is 19.3. The zero-order valence-electron chi connectivity index (χ0n) is 19.7. The Morgan fingerprint density at radius 1 is 1.14 bits per heavy atom. The SMILES string of the molecule is CC1CCC(n2cc(NC(=O)c3cccc4ccc(N5C[C@H]6C[C@@H]5CO6)nc34)c(C(F)F)n2)CC1. The van der Waals surface area contributed by atoms with Crippen molar-refractivity contribution < 1.29 is 18.3 Å². The Labute approximate surface area is 202 Å². The minimum atomic E-state index is -2.78. The Morgan fingerprint density at radius 2 is 1.97 bits per heavy atom. The number of benzene rings is 1. The summed E-state index contributed by atoms with van der Waals surface area (Å²) in [6.45, 7) is 3.68. The number of para-hydroxylation sites is 1. The van der Waals surface area contributed by atoms with Crippen molar-refractivity contribution in [3.8, 4) is 0 Å². The smallest absolute Gasteiger partial charge is 0.284 e. The molecule has 0 unspecified atom stereocenters. The van der Waals surface area contributed by atoms with Gasteiger partial charge in [-0.25, -0.2) is 13.8 Å². The van der Waals surface area contributed by atoms with Crippen molar-refractivity contribution in [2.45, 2.75) is 63.6 Å². The van der Waals surface area contributed by atoms with Gasteiger partial charge in [0.2, 0.25) is 0 Å². The van der Waals surface area contributed by atoms with E-state index in [0.29, 0.717) is 29.6 Å². The molecular weight excluding hydrogens is 452 g/mol.